The molecule has 0 fully saturated rings. The molecule has 1 aromatic rings. The molecular formula is C36H58. The van der Waals surface area contributed by atoms with Crippen LogP contribution >= 0.6 is 0 Å². The Kier molecular flexibility index (Phi) is 13.8. The molecule has 2 atom stereocenters. The zero-order valence-electron chi connectivity index (χ0n) is 25.3. The molecule has 0 nitrogen and oxygen atoms in total. The molecule has 1 aromatic carbocycles. The minimum atomic E-state index is 0.252. The maximum Gasteiger partial charge on any atom is -0.0105 e. The summed E-state index contributed by atoms with van der Waals surface area (Å²) in [6.45, 7) is 25.4. The van der Waals surface area contributed by atoms with E-state index in [9.17, 15) is 0 Å². The number of hydrogen-bond acceptors (Lipinski definition) is 0. The molecule has 0 amide bonds. The van der Waals surface area contributed by atoms with Crippen molar-refractivity contribution in [1.29, 1.82) is 0 Å². The van der Waals surface area contributed by atoms with Crippen LogP contribution in [0.15, 0.2) is 79.4 Å². The van der Waals surface area contributed by atoms with Crippen LogP contribution in [0.1, 0.15) is 119 Å². The van der Waals surface area contributed by atoms with E-state index in [0.29, 0.717) is 17.8 Å². The lowest BCUT2D eigenvalue weighted by atomic mass is 9.68. The van der Waals surface area contributed by atoms with Gasteiger partial charge in [-0.3, -0.25) is 0 Å². The summed E-state index contributed by atoms with van der Waals surface area (Å²) in [4.78, 5) is 0. The van der Waals surface area contributed by atoms with Gasteiger partial charge in [-0.25, -0.2) is 0 Å². The van der Waals surface area contributed by atoms with Crippen molar-refractivity contribution >= 4 is 0 Å². The molecule has 0 aliphatic carbocycles. The molecule has 0 heteroatoms. The summed E-state index contributed by atoms with van der Waals surface area (Å²) in [5.41, 5.74) is 2.28. The average Bonchev–Trinajstić information content (AvgIpc) is 2.81. The van der Waals surface area contributed by atoms with E-state index in [0.717, 1.165) is 32.1 Å². The third-order valence-corrected chi connectivity index (χ3v) is 7.94. The molecular weight excluding hydrogens is 432 g/mol. The van der Waals surface area contributed by atoms with Gasteiger partial charge in [0.15, 0.2) is 0 Å². The monoisotopic (exact) mass is 490 g/mol. The highest BCUT2D eigenvalue weighted by molar-refractivity contribution is 5.22. The lowest BCUT2D eigenvalue weighted by Crippen LogP contribution is -2.27. The van der Waals surface area contributed by atoms with Gasteiger partial charge < -0.3 is 0 Å². The van der Waals surface area contributed by atoms with Crippen LogP contribution in [0.5, 0.6) is 0 Å². The fraction of sp³-hybridized carbons (Fsp3) is 0.611. The van der Waals surface area contributed by atoms with Gasteiger partial charge in [-0.2, -0.15) is 0 Å². The zero-order chi connectivity index (χ0) is 27.2. The van der Waals surface area contributed by atoms with Gasteiger partial charge in [0.25, 0.3) is 0 Å². The van der Waals surface area contributed by atoms with Crippen molar-refractivity contribution in [2.45, 2.75) is 113 Å². The molecule has 0 aliphatic rings. The second-order valence-electron chi connectivity index (χ2n) is 13.5. The smallest absolute Gasteiger partial charge is 0.0105 e. The molecule has 0 aromatic heterocycles. The third-order valence-electron chi connectivity index (χ3n) is 7.94. The molecule has 0 bridgehead atoms. The Bertz CT molecular complexity index is 813. The fourth-order valence-corrected chi connectivity index (χ4v) is 5.35. The number of rotatable bonds is 17. The van der Waals surface area contributed by atoms with E-state index in [-0.39, 0.29) is 16.2 Å². The van der Waals surface area contributed by atoms with Gasteiger partial charge in [-0.05, 0) is 91.4 Å². The van der Waals surface area contributed by atoms with Crippen LogP contribution in [-0.2, 0) is 0 Å². The minimum absolute atomic E-state index is 0.252. The standard InChI is InChI=1S/C36H58/c1-11-13-26-35(7,8)32(12-2)29-34(5,6)25-21-16-14-15-17-22-27-36(9,10)33(28-30(3)4)31-23-19-18-20-24-31/h11-13,16-24,30,32-33H,2,14-15,25-29H2,1,3-10H3/b13-11+,21-16+,22-17+. The van der Waals surface area contributed by atoms with Crippen LogP contribution in [-0.4, -0.2) is 0 Å². The summed E-state index contributed by atoms with van der Waals surface area (Å²) in [6.07, 6.45) is 24.3. The first-order valence-corrected chi connectivity index (χ1v) is 14.4. The van der Waals surface area contributed by atoms with Crippen molar-refractivity contribution in [2.24, 2.45) is 28.1 Å². The molecule has 36 heavy (non-hydrogen) atoms. The molecule has 0 aliphatic heterocycles. The van der Waals surface area contributed by atoms with E-state index in [1.807, 2.05) is 0 Å². The highest BCUT2D eigenvalue weighted by Crippen LogP contribution is 2.43. The van der Waals surface area contributed by atoms with Crippen molar-refractivity contribution in [2.75, 3.05) is 0 Å². The summed E-state index contributed by atoms with van der Waals surface area (Å²) >= 11 is 0. The SMILES string of the molecule is C=CC(CC(C)(C)C/C=C/CC/C=C/CC(C)(C)C(CC(C)C)c1ccccc1)C(C)(C)C/C=C/C. The number of benzene rings is 1. The molecule has 2 unspecified atom stereocenters. The van der Waals surface area contributed by atoms with E-state index in [1.165, 1.54) is 18.4 Å². The summed E-state index contributed by atoms with van der Waals surface area (Å²) < 4.78 is 0. The molecule has 0 radical (unpaired) electrons. The normalized spacial score (nSPS) is 15.4. The molecule has 0 saturated heterocycles. The van der Waals surface area contributed by atoms with Gasteiger partial charge in [0, 0.05) is 0 Å². The van der Waals surface area contributed by atoms with Crippen LogP contribution in [0.2, 0.25) is 0 Å². The lowest BCUT2D eigenvalue weighted by molar-refractivity contribution is 0.179. The maximum atomic E-state index is 4.17. The van der Waals surface area contributed by atoms with Crippen LogP contribution in [0.4, 0.5) is 0 Å². The van der Waals surface area contributed by atoms with Crippen molar-refractivity contribution in [3.8, 4) is 0 Å². The molecule has 0 N–H and O–H groups in total. The molecule has 0 heterocycles. The summed E-state index contributed by atoms with van der Waals surface area (Å²) in [5, 5.41) is 0. The first-order chi connectivity index (χ1) is 16.8. The first kappa shape index (κ1) is 32.2. The Morgan fingerprint density at radius 1 is 0.750 bits per heavy atom. The van der Waals surface area contributed by atoms with Crippen molar-refractivity contribution < 1.29 is 0 Å². The second-order valence-corrected chi connectivity index (χ2v) is 13.5. The molecule has 1 rings (SSSR count). The summed E-state index contributed by atoms with van der Waals surface area (Å²) in [5.74, 6) is 1.82. The van der Waals surface area contributed by atoms with E-state index in [4.69, 9.17) is 0 Å². The molecule has 202 valence electrons. The van der Waals surface area contributed by atoms with Crippen LogP contribution in [0, 0.1) is 28.1 Å². The van der Waals surface area contributed by atoms with Crippen LogP contribution < -0.4 is 0 Å². The Balaban J connectivity index is 2.55. The predicted octanol–water partition coefficient (Wildman–Crippen LogP) is 11.7. The van der Waals surface area contributed by atoms with E-state index in [2.05, 4.69) is 142 Å². The van der Waals surface area contributed by atoms with E-state index in [1.54, 1.807) is 0 Å². The van der Waals surface area contributed by atoms with Gasteiger partial charge in [-0.15, -0.1) is 6.58 Å². The van der Waals surface area contributed by atoms with Gasteiger partial charge in [0.2, 0.25) is 0 Å². The number of allylic oxidation sites excluding steroid dienone is 7. The highest BCUT2D eigenvalue weighted by Gasteiger charge is 2.31. The Morgan fingerprint density at radius 2 is 1.31 bits per heavy atom. The average molecular weight is 491 g/mol. The van der Waals surface area contributed by atoms with Gasteiger partial charge in [0.05, 0.1) is 0 Å². The Hall–Kier alpha value is -1.82. The quantitative estimate of drug-likeness (QED) is 0.150. The number of unbranched alkanes of at least 4 members (excludes halogenated alkanes) is 1. The van der Waals surface area contributed by atoms with Crippen molar-refractivity contribution in [3.05, 3.63) is 85.0 Å². The molecule has 0 saturated carbocycles. The third kappa shape index (κ3) is 11.9. The fourth-order valence-electron chi connectivity index (χ4n) is 5.35. The van der Waals surface area contributed by atoms with Crippen LogP contribution in [0.25, 0.3) is 0 Å². The van der Waals surface area contributed by atoms with Crippen molar-refractivity contribution in [1.82, 2.24) is 0 Å². The highest BCUT2D eigenvalue weighted by atomic mass is 14.4. The van der Waals surface area contributed by atoms with Crippen molar-refractivity contribution in [3.63, 3.8) is 0 Å². The largest absolute Gasteiger partial charge is 0.103 e. The number of hydrogen-bond donors (Lipinski definition) is 0. The van der Waals surface area contributed by atoms with Gasteiger partial charge in [0.1, 0.15) is 0 Å². The van der Waals surface area contributed by atoms with E-state index >= 15 is 0 Å². The minimum Gasteiger partial charge on any atom is -0.103 e. The second kappa shape index (κ2) is 15.4. The van der Waals surface area contributed by atoms with Gasteiger partial charge in [-0.1, -0.05) is 128 Å². The summed E-state index contributed by atoms with van der Waals surface area (Å²) in [6, 6.07) is 11.1. The lowest BCUT2D eigenvalue weighted by Gasteiger charge is -2.37. The predicted molar refractivity (Wildman–Crippen MR) is 164 cm³/mol. The molecule has 0 spiro atoms. The summed E-state index contributed by atoms with van der Waals surface area (Å²) in [7, 11) is 0. The van der Waals surface area contributed by atoms with E-state index < -0.39 is 0 Å². The Labute approximate surface area is 226 Å². The topological polar surface area (TPSA) is 0 Å². The maximum absolute atomic E-state index is 4.17. The first-order valence-electron chi connectivity index (χ1n) is 14.4. The Morgan fingerprint density at radius 3 is 1.83 bits per heavy atom. The van der Waals surface area contributed by atoms with Gasteiger partial charge >= 0.3 is 0 Å². The zero-order valence-corrected chi connectivity index (χ0v) is 25.3. The van der Waals surface area contributed by atoms with Crippen LogP contribution in [0.3, 0.4) is 0 Å².